The van der Waals surface area contributed by atoms with E-state index in [-0.39, 0.29) is 5.91 Å². The highest BCUT2D eigenvalue weighted by molar-refractivity contribution is 7.80. The number of hydrogen-bond acceptors (Lipinski definition) is 3. The molecule has 56 valence electrons. The average molecular weight is 160 g/mol. The molecule has 0 bridgehead atoms. The Balaban J connectivity index is 2.89. The Morgan fingerprint density at radius 3 is 2.20 bits per heavy atom. The Labute approximate surface area is 64.0 Å². The van der Waals surface area contributed by atoms with Gasteiger partial charge >= 0.3 is 0 Å². The summed E-state index contributed by atoms with van der Waals surface area (Å²) in [6.07, 6.45) is -1.09. The first-order valence-corrected chi connectivity index (χ1v) is 3.19. The van der Waals surface area contributed by atoms with E-state index >= 15 is 0 Å². The Bertz CT molecular complexity index is 174. The average Bonchev–Trinajstić information content (AvgIpc) is 2.07. The lowest BCUT2D eigenvalue weighted by Gasteiger charge is -2.12. The van der Waals surface area contributed by atoms with Gasteiger partial charge in [0.05, 0.1) is 0 Å². The molecule has 10 heavy (non-hydrogen) atoms. The lowest BCUT2D eigenvalue weighted by molar-refractivity contribution is -0.135. The van der Waals surface area contributed by atoms with Gasteiger partial charge in [-0.15, -0.1) is 0 Å². The van der Waals surface area contributed by atoms with Crippen molar-refractivity contribution in [2.45, 2.75) is 6.23 Å². The highest BCUT2D eigenvalue weighted by Gasteiger charge is 2.36. The number of thiocarbonyl (C=S) groups is 1. The van der Waals surface area contributed by atoms with E-state index in [1.54, 1.807) is 7.05 Å². The Kier molecular flexibility index (Phi) is 1.61. The van der Waals surface area contributed by atoms with Crippen molar-refractivity contribution in [2.75, 3.05) is 14.1 Å². The lowest BCUT2D eigenvalue weighted by Crippen LogP contribution is -2.30. The van der Waals surface area contributed by atoms with Crippen LogP contribution >= 0.6 is 12.2 Å². The van der Waals surface area contributed by atoms with Crippen LogP contribution in [0.4, 0.5) is 0 Å². The van der Waals surface area contributed by atoms with E-state index in [9.17, 15) is 4.79 Å². The molecule has 0 radical (unpaired) electrons. The van der Waals surface area contributed by atoms with Crippen LogP contribution in [0, 0.1) is 0 Å². The second-order valence-corrected chi connectivity index (χ2v) is 2.53. The van der Waals surface area contributed by atoms with Crippen molar-refractivity contribution >= 4 is 23.2 Å². The van der Waals surface area contributed by atoms with Crippen LogP contribution in [0.2, 0.25) is 0 Å². The van der Waals surface area contributed by atoms with Crippen molar-refractivity contribution in [3.05, 3.63) is 0 Å². The summed E-state index contributed by atoms with van der Waals surface area (Å²) in [5, 5.41) is 9.41. The van der Waals surface area contributed by atoms with Gasteiger partial charge in [0.1, 0.15) is 0 Å². The molecule has 0 aromatic carbocycles. The highest BCUT2D eigenvalue weighted by atomic mass is 32.1. The summed E-state index contributed by atoms with van der Waals surface area (Å²) >= 11 is 4.79. The SMILES string of the molecule is CN1C(=O)C(O)N(C)C1=S. The fourth-order valence-corrected chi connectivity index (χ4v) is 0.964. The standard InChI is InChI=1S/C5H8N2O2S/c1-6-3(8)4(9)7(2)5(6)10/h3,8H,1-2H3. The van der Waals surface area contributed by atoms with Gasteiger partial charge in [0.2, 0.25) is 6.23 Å². The number of aliphatic hydroxyl groups is 1. The minimum atomic E-state index is -1.09. The third kappa shape index (κ3) is 0.783. The summed E-state index contributed by atoms with van der Waals surface area (Å²) in [6.45, 7) is 0. The number of carbonyl (C=O) groups is 1. The third-order valence-corrected chi connectivity index (χ3v) is 2.07. The zero-order chi connectivity index (χ0) is 7.89. The predicted molar refractivity (Wildman–Crippen MR) is 39.1 cm³/mol. The van der Waals surface area contributed by atoms with E-state index in [0.29, 0.717) is 5.11 Å². The summed E-state index contributed by atoms with van der Waals surface area (Å²) in [4.78, 5) is 13.5. The smallest absolute Gasteiger partial charge is 0.278 e. The number of carbonyl (C=O) groups excluding carboxylic acids is 1. The van der Waals surface area contributed by atoms with Gasteiger partial charge in [0.25, 0.3) is 5.91 Å². The zero-order valence-corrected chi connectivity index (χ0v) is 6.55. The molecule has 1 rings (SSSR count). The molecule has 1 atom stereocenters. The molecule has 0 spiro atoms. The molecule has 1 fully saturated rings. The number of rotatable bonds is 0. The summed E-state index contributed by atoms with van der Waals surface area (Å²) < 4.78 is 0. The first-order valence-electron chi connectivity index (χ1n) is 2.78. The molecule has 0 aromatic rings. The number of amides is 1. The molecule has 1 unspecified atom stereocenters. The summed E-state index contributed by atoms with van der Waals surface area (Å²) in [6, 6.07) is 0. The summed E-state index contributed by atoms with van der Waals surface area (Å²) in [5.41, 5.74) is 0. The molecule has 1 heterocycles. The maximum atomic E-state index is 10.9. The maximum absolute atomic E-state index is 10.9. The predicted octanol–water partition coefficient (Wildman–Crippen LogP) is -1.01. The second-order valence-electron chi connectivity index (χ2n) is 2.16. The van der Waals surface area contributed by atoms with Crippen LogP contribution in [-0.2, 0) is 4.79 Å². The van der Waals surface area contributed by atoms with Crippen LogP contribution in [0.25, 0.3) is 0 Å². The van der Waals surface area contributed by atoms with Gasteiger partial charge in [0, 0.05) is 14.1 Å². The molecule has 0 aliphatic carbocycles. The molecular weight excluding hydrogens is 152 g/mol. The van der Waals surface area contributed by atoms with Crippen LogP contribution in [-0.4, -0.2) is 46.2 Å². The van der Waals surface area contributed by atoms with Gasteiger partial charge in [-0.3, -0.25) is 9.69 Å². The Hall–Kier alpha value is -0.680. The number of hydrogen-bond donors (Lipinski definition) is 1. The van der Waals surface area contributed by atoms with E-state index in [1.807, 2.05) is 0 Å². The first kappa shape index (κ1) is 7.43. The lowest BCUT2D eigenvalue weighted by atomic mass is 10.5. The molecule has 1 aliphatic heterocycles. The van der Waals surface area contributed by atoms with E-state index in [4.69, 9.17) is 17.3 Å². The Morgan fingerprint density at radius 1 is 1.60 bits per heavy atom. The van der Waals surface area contributed by atoms with Crippen LogP contribution in [0.3, 0.4) is 0 Å². The maximum Gasteiger partial charge on any atom is 0.278 e. The normalized spacial score (nSPS) is 26.5. The molecule has 0 aromatic heterocycles. The third-order valence-electron chi connectivity index (χ3n) is 1.51. The monoisotopic (exact) mass is 160 g/mol. The zero-order valence-electron chi connectivity index (χ0n) is 5.74. The quantitative estimate of drug-likeness (QED) is 0.461. The minimum Gasteiger partial charge on any atom is -0.365 e. The summed E-state index contributed by atoms with van der Waals surface area (Å²) in [5.74, 6) is -0.368. The first-order chi connectivity index (χ1) is 4.55. The molecule has 1 amide bonds. The number of aliphatic hydroxyl groups excluding tert-OH is 1. The van der Waals surface area contributed by atoms with E-state index in [0.717, 1.165) is 0 Å². The fourth-order valence-electron chi connectivity index (χ4n) is 0.774. The molecule has 1 saturated heterocycles. The van der Waals surface area contributed by atoms with Crippen molar-refractivity contribution < 1.29 is 9.90 Å². The van der Waals surface area contributed by atoms with Gasteiger partial charge in [0.15, 0.2) is 5.11 Å². The second kappa shape index (κ2) is 2.17. The van der Waals surface area contributed by atoms with E-state index in [2.05, 4.69) is 0 Å². The molecule has 1 N–H and O–H groups in total. The van der Waals surface area contributed by atoms with Crippen molar-refractivity contribution in [3.63, 3.8) is 0 Å². The van der Waals surface area contributed by atoms with Gasteiger partial charge in [-0.25, -0.2) is 0 Å². The van der Waals surface area contributed by atoms with Crippen molar-refractivity contribution in [2.24, 2.45) is 0 Å². The van der Waals surface area contributed by atoms with Gasteiger partial charge in [-0.05, 0) is 12.2 Å². The topological polar surface area (TPSA) is 43.8 Å². The van der Waals surface area contributed by atoms with Gasteiger partial charge in [-0.1, -0.05) is 0 Å². The molecule has 5 heteroatoms. The van der Waals surface area contributed by atoms with E-state index < -0.39 is 6.23 Å². The summed E-state index contributed by atoms with van der Waals surface area (Å²) in [7, 11) is 3.12. The van der Waals surface area contributed by atoms with Gasteiger partial charge in [-0.2, -0.15) is 0 Å². The molecule has 0 saturated carbocycles. The number of nitrogens with zero attached hydrogens (tertiary/aromatic N) is 2. The van der Waals surface area contributed by atoms with Gasteiger partial charge < -0.3 is 10.0 Å². The van der Waals surface area contributed by atoms with Crippen LogP contribution in [0.1, 0.15) is 0 Å². The minimum absolute atomic E-state index is 0.359. The van der Waals surface area contributed by atoms with Crippen LogP contribution in [0.5, 0.6) is 0 Å². The number of likely N-dealkylation sites (N-methyl/N-ethyl adjacent to an activating group) is 2. The molecule has 4 nitrogen and oxygen atoms in total. The largest absolute Gasteiger partial charge is 0.365 e. The molecule has 1 aliphatic rings. The van der Waals surface area contributed by atoms with Crippen molar-refractivity contribution in [1.29, 1.82) is 0 Å². The Morgan fingerprint density at radius 2 is 2.10 bits per heavy atom. The van der Waals surface area contributed by atoms with Crippen LogP contribution in [0.15, 0.2) is 0 Å². The highest BCUT2D eigenvalue weighted by Crippen LogP contribution is 2.10. The van der Waals surface area contributed by atoms with Crippen molar-refractivity contribution in [3.8, 4) is 0 Å². The van der Waals surface area contributed by atoms with Crippen molar-refractivity contribution in [1.82, 2.24) is 9.80 Å². The van der Waals surface area contributed by atoms with Crippen LogP contribution < -0.4 is 0 Å². The fraction of sp³-hybridized carbons (Fsp3) is 0.600. The molecular formula is C5H8N2O2S. The van der Waals surface area contributed by atoms with E-state index in [1.165, 1.54) is 16.8 Å².